The van der Waals surface area contributed by atoms with Crippen LogP contribution in [0.5, 0.6) is 0 Å². The lowest BCUT2D eigenvalue weighted by atomic mass is 10.2. The summed E-state index contributed by atoms with van der Waals surface area (Å²) in [6.45, 7) is 3.64. The summed E-state index contributed by atoms with van der Waals surface area (Å²) < 4.78 is 5.89. The van der Waals surface area contributed by atoms with E-state index in [0.717, 1.165) is 42.1 Å². The van der Waals surface area contributed by atoms with Crippen LogP contribution >= 0.6 is 35.3 Å². The molecule has 0 aliphatic rings. The number of halogens is 1. The molecule has 0 unspecified atom stereocenters. The molecular weight excluding hydrogens is 459 g/mol. The molecule has 0 saturated heterocycles. The minimum atomic E-state index is 0. The average Bonchev–Trinajstić information content (AvgIpc) is 3.24. The summed E-state index contributed by atoms with van der Waals surface area (Å²) in [5.74, 6) is 1.78. The summed E-state index contributed by atoms with van der Waals surface area (Å²) in [6.07, 6.45) is 3.93. The van der Waals surface area contributed by atoms with Crippen molar-refractivity contribution in [3.8, 4) is 0 Å². The Bertz CT molecular complexity index is 825. The molecule has 0 aliphatic heterocycles. The SMILES string of the molecule is CCc1cnc(CCNC(=NC)N(C)Cc2cc3ccccc3o2)s1.I. The van der Waals surface area contributed by atoms with Crippen molar-refractivity contribution in [2.75, 3.05) is 20.6 Å². The van der Waals surface area contributed by atoms with Crippen molar-refractivity contribution in [3.05, 3.63) is 52.2 Å². The lowest BCUT2D eigenvalue weighted by molar-refractivity contribution is 0.413. The first-order valence-electron chi connectivity index (χ1n) is 8.52. The molecule has 3 aromatic rings. The van der Waals surface area contributed by atoms with E-state index in [2.05, 4.69) is 39.2 Å². The van der Waals surface area contributed by atoms with E-state index in [9.17, 15) is 0 Å². The van der Waals surface area contributed by atoms with Crippen LogP contribution in [-0.4, -0.2) is 36.5 Å². The van der Waals surface area contributed by atoms with Crippen molar-refractivity contribution in [1.29, 1.82) is 0 Å². The van der Waals surface area contributed by atoms with Gasteiger partial charge in [0.2, 0.25) is 0 Å². The highest BCUT2D eigenvalue weighted by molar-refractivity contribution is 14.0. The monoisotopic (exact) mass is 484 g/mol. The van der Waals surface area contributed by atoms with Crippen molar-refractivity contribution in [2.45, 2.75) is 26.3 Å². The number of hydrogen-bond acceptors (Lipinski definition) is 4. The molecule has 1 N–H and O–H groups in total. The number of fused-ring (bicyclic) bond motifs is 1. The number of benzene rings is 1. The molecule has 0 amide bonds. The molecule has 7 heteroatoms. The lowest BCUT2D eigenvalue weighted by Gasteiger charge is -2.20. The standard InChI is InChI=1S/C19H24N4OS.HI/c1-4-16-12-22-18(25-16)9-10-21-19(20-2)23(3)13-15-11-14-7-5-6-8-17(14)24-15;/h5-8,11-12H,4,9-10,13H2,1-3H3,(H,20,21);1H. The largest absolute Gasteiger partial charge is 0.459 e. The van der Waals surface area contributed by atoms with E-state index in [1.165, 1.54) is 9.88 Å². The van der Waals surface area contributed by atoms with Gasteiger partial charge in [-0.05, 0) is 18.6 Å². The zero-order chi connectivity index (χ0) is 17.6. The molecule has 3 rings (SSSR count). The number of aliphatic imine (C=N–C) groups is 1. The summed E-state index contributed by atoms with van der Waals surface area (Å²) in [7, 11) is 3.82. The Balaban J connectivity index is 0.00000243. The molecular formula is C19H25IN4OS. The van der Waals surface area contributed by atoms with Gasteiger partial charge < -0.3 is 14.6 Å². The Kier molecular flexibility index (Phi) is 7.89. The van der Waals surface area contributed by atoms with Crippen LogP contribution in [0.25, 0.3) is 11.0 Å². The third kappa shape index (κ3) is 5.20. The number of furan rings is 1. The Morgan fingerprint density at radius 3 is 2.85 bits per heavy atom. The molecule has 26 heavy (non-hydrogen) atoms. The topological polar surface area (TPSA) is 53.7 Å². The maximum atomic E-state index is 5.89. The third-order valence-corrected chi connectivity index (χ3v) is 5.22. The van der Waals surface area contributed by atoms with Crippen LogP contribution in [0.2, 0.25) is 0 Å². The van der Waals surface area contributed by atoms with E-state index in [4.69, 9.17) is 4.42 Å². The molecule has 0 spiro atoms. The zero-order valence-electron chi connectivity index (χ0n) is 15.4. The van der Waals surface area contributed by atoms with Gasteiger partial charge >= 0.3 is 0 Å². The lowest BCUT2D eigenvalue weighted by Crippen LogP contribution is -2.39. The molecule has 1 aromatic carbocycles. The fourth-order valence-corrected chi connectivity index (χ4v) is 3.58. The second kappa shape index (κ2) is 9.91. The maximum absolute atomic E-state index is 5.89. The van der Waals surface area contributed by atoms with Crippen LogP contribution in [0.15, 0.2) is 45.9 Å². The number of aromatic nitrogens is 1. The molecule has 0 atom stereocenters. The number of para-hydroxylation sites is 1. The number of thiazole rings is 1. The van der Waals surface area contributed by atoms with Gasteiger partial charge in [0.05, 0.1) is 11.6 Å². The summed E-state index contributed by atoms with van der Waals surface area (Å²) in [5, 5.41) is 5.70. The minimum Gasteiger partial charge on any atom is -0.459 e. The Morgan fingerprint density at radius 2 is 2.15 bits per heavy atom. The van der Waals surface area contributed by atoms with E-state index < -0.39 is 0 Å². The zero-order valence-corrected chi connectivity index (χ0v) is 18.5. The second-order valence-electron chi connectivity index (χ2n) is 5.90. The minimum absolute atomic E-state index is 0. The van der Waals surface area contributed by atoms with Gasteiger partial charge in [-0.2, -0.15) is 0 Å². The summed E-state index contributed by atoms with van der Waals surface area (Å²) in [4.78, 5) is 12.2. The van der Waals surface area contributed by atoms with E-state index >= 15 is 0 Å². The van der Waals surface area contributed by atoms with Crippen LogP contribution in [0.3, 0.4) is 0 Å². The highest BCUT2D eigenvalue weighted by atomic mass is 127. The van der Waals surface area contributed by atoms with Crippen molar-refractivity contribution < 1.29 is 4.42 Å². The van der Waals surface area contributed by atoms with Gasteiger partial charge in [-0.3, -0.25) is 4.99 Å². The maximum Gasteiger partial charge on any atom is 0.193 e. The fourth-order valence-electron chi connectivity index (χ4n) is 2.72. The summed E-state index contributed by atoms with van der Waals surface area (Å²) in [6, 6.07) is 10.1. The number of hydrogen-bond donors (Lipinski definition) is 1. The van der Waals surface area contributed by atoms with Crippen molar-refractivity contribution in [3.63, 3.8) is 0 Å². The first-order valence-corrected chi connectivity index (χ1v) is 9.34. The van der Waals surface area contributed by atoms with Gasteiger partial charge in [-0.25, -0.2) is 4.98 Å². The fraction of sp³-hybridized carbons (Fsp3) is 0.368. The number of guanidine groups is 1. The normalized spacial score (nSPS) is 11.4. The van der Waals surface area contributed by atoms with Gasteiger partial charge in [-0.15, -0.1) is 35.3 Å². The first-order chi connectivity index (χ1) is 12.2. The van der Waals surface area contributed by atoms with Crippen LogP contribution in [0, 0.1) is 0 Å². The summed E-state index contributed by atoms with van der Waals surface area (Å²) >= 11 is 1.79. The Labute approximate surface area is 175 Å². The first kappa shape index (κ1) is 20.7. The highest BCUT2D eigenvalue weighted by Crippen LogP contribution is 2.19. The van der Waals surface area contributed by atoms with Crippen LogP contribution in [-0.2, 0) is 19.4 Å². The Hall–Kier alpha value is -1.61. The molecule has 0 bridgehead atoms. The molecule has 140 valence electrons. The van der Waals surface area contributed by atoms with Crippen LogP contribution in [0.1, 0.15) is 22.6 Å². The van der Waals surface area contributed by atoms with Crippen molar-refractivity contribution >= 4 is 52.2 Å². The van der Waals surface area contributed by atoms with E-state index in [0.29, 0.717) is 6.54 Å². The van der Waals surface area contributed by atoms with Gasteiger partial charge in [-0.1, -0.05) is 25.1 Å². The number of rotatable bonds is 6. The molecule has 5 nitrogen and oxygen atoms in total. The molecule has 0 fully saturated rings. The Morgan fingerprint density at radius 1 is 1.35 bits per heavy atom. The molecule has 2 heterocycles. The predicted octanol–water partition coefficient (Wildman–Crippen LogP) is 4.32. The number of nitrogens with one attached hydrogen (secondary N) is 1. The smallest absolute Gasteiger partial charge is 0.193 e. The third-order valence-electron chi connectivity index (χ3n) is 4.01. The van der Waals surface area contributed by atoms with Gasteiger partial charge in [0, 0.05) is 43.5 Å². The molecule has 0 aliphatic carbocycles. The van der Waals surface area contributed by atoms with Gasteiger partial charge in [0.25, 0.3) is 0 Å². The molecule has 0 saturated carbocycles. The molecule has 0 radical (unpaired) electrons. The van der Waals surface area contributed by atoms with E-state index in [-0.39, 0.29) is 24.0 Å². The highest BCUT2D eigenvalue weighted by Gasteiger charge is 2.10. The van der Waals surface area contributed by atoms with E-state index in [1.807, 2.05) is 31.4 Å². The van der Waals surface area contributed by atoms with Crippen LogP contribution in [0.4, 0.5) is 0 Å². The van der Waals surface area contributed by atoms with Crippen molar-refractivity contribution in [1.82, 2.24) is 15.2 Å². The van der Waals surface area contributed by atoms with Gasteiger partial charge in [0.1, 0.15) is 11.3 Å². The second-order valence-corrected chi connectivity index (χ2v) is 7.10. The van der Waals surface area contributed by atoms with Gasteiger partial charge in [0.15, 0.2) is 5.96 Å². The number of aryl methyl sites for hydroxylation is 1. The van der Waals surface area contributed by atoms with E-state index in [1.54, 1.807) is 18.4 Å². The quantitative estimate of drug-likeness (QED) is 0.322. The summed E-state index contributed by atoms with van der Waals surface area (Å²) in [5.41, 5.74) is 0.921. The van der Waals surface area contributed by atoms with Crippen molar-refractivity contribution in [2.24, 2.45) is 4.99 Å². The van der Waals surface area contributed by atoms with Crippen LogP contribution < -0.4 is 5.32 Å². The predicted molar refractivity (Wildman–Crippen MR) is 120 cm³/mol. The average molecular weight is 484 g/mol. The molecule has 2 aromatic heterocycles. The number of nitrogens with zero attached hydrogens (tertiary/aromatic N) is 3.